The molecule has 0 spiro atoms. The van der Waals surface area contributed by atoms with Gasteiger partial charge in [0.1, 0.15) is 13.2 Å². The first-order chi connectivity index (χ1) is 36.0. The van der Waals surface area contributed by atoms with E-state index in [9.17, 15) is 14.4 Å². The van der Waals surface area contributed by atoms with Crippen molar-refractivity contribution in [3.63, 3.8) is 0 Å². The highest BCUT2D eigenvalue weighted by molar-refractivity contribution is 5.71. The van der Waals surface area contributed by atoms with Gasteiger partial charge in [0.15, 0.2) is 6.10 Å². The van der Waals surface area contributed by atoms with Crippen molar-refractivity contribution in [2.24, 2.45) is 0 Å². The van der Waals surface area contributed by atoms with E-state index in [1.165, 1.54) is 51.4 Å². The van der Waals surface area contributed by atoms with E-state index in [1.807, 2.05) is 0 Å². The number of carbonyl (C=O) groups excluding carboxylic acids is 3. The fourth-order valence-corrected chi connectivity index (χ4v) is 7.47. The fourth-order valence-electron chi connectivity index (χ4n) is 7.47. The van der Waals surface area contributed by atoms with E-state index in [0.717, 1.165) is 141 Å². The van der Waals surface area contributed by atoms with Gasteiger partial charge < -0.3 is 14.2 Å². The summed E-state index contributed by atoms with van der Waals surface area (Å²) in [5.74, 6) is -1.00. The maximum atomic E-state index is 12.9. The zero-order valence-corrected chi connectivity index (χ0v) is 46.8. The summed E-state index contributed by atoms with van der Waals surface area (Å²) in [6, 6.07) is 0. The van der Waals surface area contributed by atoms with Crippen LogP contribution in [0.25, 0.3) is 0 Å². The molecule has 0 aliphatic rings. The Morgan fingerprint density at radius 3 is 0.890 bits per heavy atom. The Balaban J connectivity index is 4.54. The number of ether oxygens (including phenoxy) is 3. The van der Waals surface area contributed by atoms with Crippen LogP contribution < -0.4 is 0 Å². The summed E-state index contributed by atoms with van der Waals surface area (Å²) in [6.07, 6.45) is 85.5. The number of esters is 3. The number of unbranched alkanes of at least 4 members (excludes halogenated alkanes) is 16. The average molecular weight is 1010 g/mol. The van der Waals surface area contributed by atoms with Gasteiger partial charge in [0.2, 0.25) is 0 Å². The lowest BCUT2D eigenvalue weighted by Crippen LogP contribution is -2.30. The Morgan fingerprint density at radius 2 is 0.548 bits per heavy atom. The summed E-state index contributed by atoms with van der Waals surface area (Å²) < 4.78 is 16.8. The predicted octanol–water partition coefficient (Wildman–Crippen LogP) is 20.0. The maximum Gasteiger partial charge on any atom is 0.306 e. The number of rotatable bonds is 51. The van der Waals surface area contributed by atoms with Crippen molar-refractivity contribution in [2.45, 2.75) is 245 Å². The summed E-state index contributed by atoms with van der Waals surface area (Å²) in [7, 11) is 0. The van der Waals surface area contributed by atoms with Crippen LogP contribution in [0.1, 0.15) is 239 Å². The van der Waals surface area contributed by atoms with Gasteiger partial charge in [-0.1, -0.05) is 231 Å². The minimum atomic E-state index is -0.820. The lowest BCUT2D eigenvalue weighted by atomic mass is 10.1. The van der Waals surface area contributed by atoms with Gasteiger partial charge in [-0.2, -0.15) is 0 Å². The van der Waals surface area contributed by atoms with Gasteiger partial charge in [0, 0.05) is 19.3 Å². The first-order valence-corrected chi connectivity index (χ1v) is 29.3. The third-order valence-corrected chi connectivity index (χ3v) is 11.8. The molecule has 0 N–H and O–H groups in total. The molecule has 0 saturated heterocycles. The second-order valence-corrected chi connectivity index (χ2v) is 18.8. The van der Waals surface area contributed by atoms with E-state index >= 15 is 0 Å². The highest BCUT2D eigenvalue weighted by atomic mass is 16.6. The minimum Gasteiger partial charge on any atom is -0.462 e. The van der Waals surface area contributed by atoms with Crippen molar-refractivity contribution >= 4 is 17.9 Å². The highest BCUT2D eigenvalue weighted by Gasteiger charge is 2.19. The molecule has 0 rings (SSSR count). The Morgan fingerprint density at radius 1 is 0.288 bits per heavy atom. The molecule has 0 radical (unpaired) electrons. The Hall–Kier alpha value is -4.71. The van der Waals surface area contributed by atoms with Crippen molar-refractivity contribution in [1.29, 1.82) is 0 Å². The van der Waals surface area contributed by atoms with Crippen LogP contribution in [-0.4, -0.2) is 37.2 Å². The third-order valence-electron chi connectivity index (χ3n) is 11.8. The highest BCUT2D eigenvalue weighted by Crippen LogP contribution is 2.13. The van der Waals surface area contributed by atoms with Crippen LogP contribution in [-0.2, 0) is 28.6 Å². The molecule has 0 aromatic heterocycles. The molecule has 0 aliphatic heterocycles. The second-order valence-electron chi connectivity index (χ2n) is 18.8. The van der Waals surface area contributed by atoms with Crippen molar-refractivity contribution in [2.75, 3.05) is 13.2 Å². The smallest absolute Gasteiger partial charge is 0.306 e. The fraction of sp³-hybridized carbons (Fsp3) is 0.597. The first-order valence-electron chi connectivity index (χ1n) is 29.3. The molecule has 1 unspecified atom stereocenters. The third kappa shape index (κ3) is 58.1. The number of carbonyl (C=O) groups is 3. The first kappa shape index (κ1) is 68.3. The molecule has 0 bridgehead atoms. The topological polar surface area (TPSA) is 78.9 Å². The van der Waals surface area contributed by atoms with E-state index in [-0.39, 0.29) is 37.5 Å². The van der Waals surface area contributed by atoms with E-state index < -0.39 is 6.10 Å². The van der Waals surface area contributed by atoms with Crippen LogP contribution in [0.2, 0.25) is 0 Å². The van der Waals surface area contributed by atoms with Crippen LogP contribution in [0.4, 0.5) is 0 Å². The van der Waals surface area contributed by atoms with E-state index in [4.69, 9.17) is 14.2 Å². The lowest BCUT2D eigenvalue weighted by Gasteiger charge is -2.18. The van der Waals surface area contributed by atoms with Crippen LogP contribution in [0.3, 0.4) is 0 Å². The Kier molecular flexibility index (Phi) is 56.0. The molecular formula is C67H106O6. The molecule has 73 heavy (non-hydrogen) atoms. The SMILES string of the molecule is CC/C=C\C/C=C\C/C=C\C/C=C\C/C=C\C/C=C\C/C=C\CCCC(=O)OCC(COC(=O)CCCCCCC/C=C\C/C=C\C/C=C\CC)OC(=O)CCCCCCCCC/C=C\C/C=C\CCCCC. The lowest BCUT2D eigenvalue weighted by molar-refractivity contribution is -0.167. The van der Waals surface area contributed by atoms with Crippen molar-refractivity contribution in [3.8, 4) is 0 Å². The summed E-state index contributed by atoms with van der Waals surface area (Å²) in [5, 5.41) is 0. The molecule has 0 aromatic rings. The van der Waals surface area contributed by atoms with Gasteiger partial charge in [0.25, 0.3) is 0 Å². The molecule has 0 fully saturated rings. The number of allylic oxidation sites excluding steroid dienone is 24. The Bertz CT molecular complexity index is 1630. The van der Waals surface area contributed by atoms with Gasteiger partial charge in [-0.05, 0) is 135 Å². The maximum absolute atomic E-state index is 12.9. The molecule has 6 nitrogen and oxygen atoms in total. The van der Waals surface area contributed by atoms with E-state index in [0.29, 0.717) is 19.3 Å². The zero-order valence-electron chi connectivity index (χ0n) is 46.8. The van der Waals surface area contributed by atoms with Crippen molar-refractivity contribution < 1.29 is 28.6 Å². The van der Waals surface area contributed by atoms with Crippen molar-refractivity contribution in [3.05, 3.63) is 146 Å². The van der Waals surface area contributed by atoms with Crippen molar-refractivity contribution in [1.82, 2.24) is 0 Å². The summed E-state index contributed by atoms with van der Waals surface area (Å²) >= 11 is 0. The number of hydrogen-bond acceptors (Lipinski definition) is 6. The minimum absolute atomic E-state index is 0.114. The normalized spacial score (nSPS) is 13.2. The van der Waals surface area contributed by atoms with E-state index in [1.54, 1.807) is 0 Å². The zero-order chi connectivity index (χ0) is 52.9. The molecule has 0 amide bonds. The van der Waals surface area contributed by atoms with E-state index in [2.05, 4.69) is 167 Å². The van der Waals surface area contributed by atoms with Gasteiger partial charge >= 0.3 is 17.9 Å². The largest absolute Gasteiger partial charge is 0.462 e. The average Bonchev–Trinajstić information content (AvgIpc) is 3.39. The monoisotopic (exact) mass is 1010 g/mol. The molecule has 0 aromatic carbocycles. The standard InChI is InChI=1S/C67H106O6/c1-4-7-10-13-16-19-22-25-28-30-31-32-33-34-35-37-39-42-45-48-51-54-57-60-66(69)72-63-64(62-71-65(68)59-56-53-50-47-44-41-38-27-24-21-18-15-12-9-6-3)73-67(70)61-58-55-52-49-46-43-40-36-29-26-23-20-17-14-11-8-5-2/h7,9-10,12,16-21,25-29,31-32,34-35,38-39,42,48,51,64H,4-6,8,11,13-15,22-24,30,33,36-37,40-41,43-47,49-50,52-63H2,1-3H3/b10-7-,12-9-,19-16-,20-17-,21-18-,28-25-,29-26-,32-31-,35-34-,38-27-,42-39-,51-48-. The van der Waals surface area contributed by atoms with Crippen LogP contribution in [0.5, 0.6) is 0 Å². The van der Waals surface area contributed by atoms with Gasteiger partial charge in [-0.3, -0.25) is 14.4 Å². The van der Waals surface area contributed by atoms with Crippen LogP contribution >= 0.6 is 0 Å². The second kappa shape index (κ2) is 59.8. The van der Waals surface area contributed by atoms with Gasteiger partial charge in [0.05, 0.1) is 0 Å². The molecule has 6 heteroatoms. The van der Waals surface area contributed by atoms with Crippen LogP contribution in [0, 0.1) is 0 Å². The summed E-state index contributed by atoms with van der Waals surface area (Å²) in [4.78, 5) is 38.2. The summed E-state index contributed by atoms with van der Waals surface area (Å²) in [5.41, 5.74) is 0. The van der Waals surface area contributed by atoms with Crippen LogP contribution in [0.15, 0.2) is 146 Å². The Labute approximate surface area is 448 Å². The molecule has 0 saturated carbocycles. The van der Waals surface area contributed by atoms with Gasteiger partial charge in [-0.15, -0.1) is 0 Å². The molecule has 410 valence electrons. The summed E-state index contributed by atoms with van der Waals surface area (Å²) in [6.45, 7) is 6.31. The van der Waals surface area contributed by atoms with Gasteiger partial charge in [-0.25, -0.2) is 0 Å². The molecule has 1 atom stereocenters. The molecular weight excluding hydrogens is 901 g/mol. The predicted molar refractivity (Wildman–Crippen MR) is 315 cm³/mol. The quantitative estimate of drug-likeness (QED) is 0.0261. The molecule has 0 aliphatic carbocycles. The number of hydrogen-bond donors (Lipinski definition) is 0. The molecule has 0 heterocycles.